The van der Waals surface area contributed by atoms with Gasteiger partial charge in [0.15, 0.2) is 0 Å². The third kappa shape index (κ3) is 3.53. The molecule has 1 aliphatic heterocycles. The van der Waals surface area contributed by atoms with Gasteiger partial charge in [-0.05, 0) is 82.3 Å². The first-order chi connectivity index (χ1) is 10.6. The SMILES string of the molecule is CC(O)CCCc1ccc2[nH]cc(C[C@H]3CCCN3C)c2c1. The number of aliphatic hydroxyl groups is 1. The van der Waals surface area contributed by atoms with Gasteiger partial charge in [-0.3, -0.25) is 0 Å². The Balaban J connectivity index is 1.73. The molecule has 2 N–H and O–H groups in total. The molecule has 1 aliphatic rings. The molecule has 1 fully saturated rings. The topological polar surface area (TPSA) is 39.3 Å². The van der Waals surface area contributed by atoms with Crippen molar-refractivity contribution in [2.24, 2.45) is 0 Å². The molecule has 0 aliphatic carbocycles. The maximum Gasteiger partial charge on any atom is 0.0512 e. The van der Waals surface area contributed by atoms with Crippen molar-refractivity contribution in [3.63, 3.8) is 0 Å². The summed E-state index contributed by atoms with van der Waals surface area (Å²) in [5.41, 5.74) is 4.08. The maximum absolute atomic E-state index is 9.39. The van der Waals surface area contributed by atoms with Gasteiger partial charge in [0.05, 0.1) is 6.10 Å². The van der Waals surface area contributed by atoms with E-state index in [2.05, 4.69) is 41.3 Å². The van der Waals surface area contributed by atoms with E-state index < -0.39 is 0 Å². The molecule has 0 saturated carbocycles. The normalized spacial score (nSPS) is 20.8. The number of fused-ring (bicyclic) bond motifs is 1. The predicted octanol–water partition coefficient (Wildman–Crippen LogP) is 3.51. The molecule has 3 rings (SSSR count). The fraction of sp³-hybridized carbons (Fsp3) is 0.579. The summed E-state index contributed by atoms with van der Waals surface area (Å²) in [6, 6.07) is 7.46. The highest BCUT2D eigenvalue weighted by Gasteiger charge is 2.22. The van der Waals surface area contributed by atoms with Crippen LogP contribution in [0, 0.1) is 0 Å². The second-order valence-electron chi connectivity index (χ2n) is 6.92. The van der Waals surface area contributed by atoms with Crippen LogP contribution in [0.2, 0.25) is 0 Å². The summed E-state index contributed by atoms with van der Waals surface area (Å²) < 4.78 is 0. The number of benzene rings is 1. The summed E-state index contributed by atoms with van der Waals surface area (Å²) in [5, 5.41) is 10.8. The molecular formula is C19H28N2O. The fourth-order valence-electron chi connectivity index (χ4n) is 3.64. The Labute approximate surface area is 133 Å². The van der Waals surface area contributed by atoms with E-state index in [0.717, 1.165) is 25.7 Å². The third-order valence-corrected chi connectivity index (χ3v) is 5.05. The van der Waals surface area contributed by atoms with Crippen LogP contribution in [-0.2, 0) is 12.8 Å². The van der Waals surface area contributed by atoms with Gasteiger partial charge in [0.1, 0.15) is 0 Å². The second kappa shape index (κ2) is 6.84. The van der Waals surface area contributed by atoms with E-state index in [1.54, 1.807) is 0 Å². The van der Waals surface area contributed by atoms with Gasteiger partial charge in [-0.1, -0.05) is 6.07 Å². The smallest absolute Gasteiger partial charge is 0.0512 e. The van der Waals surface area contributed by atoms with E-state index >= 15 is 0 Å². The van der Waals surface area contributed by atoms with E-state index in [-0.39, 0.29) is 6.10 Å². The molecule has 1 saturated heterocycles. The third-order valence-electron chi connectivity index (χ3n) is 5.05. The summed E-state index contributed by atoms with van der Waals surface area (Å²) >= 11 is 0. The summed E-state index contributed by atoms with van der Waals surface area (Å²) in [7, 11) is 2.24. The summed E-state index contributed by atoms with van der Waals surface area (Å²) in [4.78, 5) is 5.91. The average Bonchev–Trinajstić information content (AvgIpc) is 3.06. The van der Waals surface area contributed by atoms with Crippen LogP contribution in [0.5, 0.6) is 0 Å². The Bertz CT molecular complexity index is 617. The summed E-state index contributed by atoms with van der Waals surface area (Å²) in [5.74, 6) is 0. The molecule has 3 heteroatoms. The van der Waals surface area contributed by atoms with Crippen LogP contribution < -0.4 is 0 Å². The van der Waals surface area contributed by atoms with E-state index in [1.165, 1.54) is 41.4 Å². The Morgan fingerprint density at radius 2 is 2.27 bits per heavy atom. The highest BCUT2D eigenvalue weighted by Crippen LogP contribution is 2.26. The molecular weight excluding hydrogens is 272 g/mol. The lowest BCUT2D eigenvalue weighted by atomic mass is 10.00. The predicted molar refractivity (Wildman–Crippen MR) is 92.3 cm³/mol. The van der Waals surface area contributed by atoms with Crippen molar-refractivity contribution in [1.82, 2.24) is 9.88 Å². The van der Waals surface area contributed by atoms with Crippen molar-refractivity contribution in [3.8, 4) is 0 Å². The minimum Gasteiger partial charge on any atom is -0.393 e. The van der Waals surface area contributed by atoms with Crippen LogP contribution in [0.1, 0.15) is 43.7 Å². The van der Waals surface area contributed by atoms with Crippen molar-refractivity contribution >= 4 is 10.9 Å². The molecule has 1 aromatic heterocycles. The lowest BCUT2D eigenvalue weighted by Crippen LogP contribution is -2.26. The Kier molecular flexibility index (Phi) is 4.84. The molecule has 3 nitrogen and oxygen atoms in total. The van der Waals surface area contributed by atoms with Crippen molar-refractivity contribution in [3.05, 3.63) is 35.5 Å². The zero-order chi connectivity index (χ0) is 15.5. The lowest BCUT2D eigenvalue weighted by molar-refractivity contribution is 0.182. The molecule has 1 aromatic carbocycles. The van der Waals surface area contributed by atoms with Gasteiger partial charge in [0.25, 0.3) is 0 Å². The van der Waals surface area contributed by atoms with Crippen LogP contribution in [0.4, 0.5) is 0 Å². The first-order valence-electron chi connectivity index (χ1n) is 8.60. The van der Waals surface area contributed by atoms with Crippen LogP contribution in [-0.4, -0.2) is 40.7 Å². The Morgan fingerprint density at radius 3 is 3.00 bits per heavy atom. The standard InChI is InChI=1S/C19H28N2O/c1-14(22)5-3-6-15-8-9-19-18(11-15)16(13-20-19)12-17-7-4-10-21(17)2/h8-9,11,13-14,17,20,22H,3-7,10,12H2,1-2H3/t14?,17-/m1/s1. The number of aromatic nitrogens is 1. The molecule has 2 aromatic rings. The van der Waals surface area contributed by atoms with Gasteiger partial charge in [-0.2, -0.15) is 0 Å². The van der Waals surface area contributed by atoms with Gasteiger partial charge in [-0.25, -0.2) is 0 Å². The highest BCUT2D eigenvalue weighted by atomic mass is 16.3. The summed E-state index contributed by atoms with van der Waals surface area (Å²) in [6.07, 6.45) is 8.77. The van der Waals surface area contributed by atoms with E-state index in [1.807, 2.05) is 6.92 Å². The molecule has 1 unspecified atom stereocenters. The van der Waals surface area contributed by atoms with Crippen molar-refractivity contribution < 1.29 is 5.11 Å². The Morgan fingerprint density at radius 1 is 1.41 bits per heavy atom. The molecule has 0 radical (unpaired) electrons. The van der Waals surface area contributed by atoms with E-state index in [0.29, 0.717) is 6.04 Å². The maximum atomic E-state index is 9.39. The molecule has 2 atom stereocenters. The van der Waals surface area contributed by atoms with E-state index in [9.17, 15) is 5.11 Å². The average molecular weight is 300 g/mol. The van der Waals surface area contributed by atoms with Gasteiger partial charge in [-0.15, -0.1) is 0 Å². The van der Waals surface area contributed by atoms with Crippen molar-refractivity contribution in [2.75, 3.05) is 13.6 Å². The van der Waals surface area contributed by atoms with Gasteiger partial charge in [0.2, 0.25) is 0 Å². The molecule has 0 amide bonds. The number of aryl methyl sites for hydroxylation is 1. The molecule has 0 bridgehead atoms. The number of nitrogens with one attached hydrogen (secondary N) is 1. The number of nitrogens with zero attached hydrogens (tertiary/aromatic N) is 1. The van der Waals surface area contributed by atoms with Gasteiger partial charge >= 0.3 is 0 Å². The number of likely N-dealkylation sites (tertiary alicyclic amines) is 1. The van der Waals surface area contributed by atoms with Gasteiger partial charge in [0, 0.05) is 23.1 Å². The number of aliphatic hydroxyl groups excluding tert-OH is 1. The van der Waals surface area contributed by atoms with Crippen molar-refractivity contribution in [1.29, 1.82) is 0 Å². The number of H-pyrrole nitrogens is 1. The first kappa shape index (κ1) is 15.6. The first-order valence-corrected chi connectivity index (χ1v) is 8.60. The summed E-state index contributed by atoms with van der Waals surface area (Å²) in [6.45, 7) is 3.10. The zero-order valence-electron chi connectivity index (χ0n) is 13.8. The zero-order valence-corrected chi connectivity index (χ0v) is 13.8. The van der Waals surface area contributed by atoms with E-state index in [4.69, 9.17) is 0 Å². The number of hydrogen-bond donors (Lipinski definition) is 2. The lowest BCUT2D eigenvalue weighted by Gasteiger charge is -2.18. The Hall–Kier alpha value is -1.32. The number of likely N-dealkylation sites (N-methyl/N-ethyl adjacent to an activating group) is 1. The largest absolute Gasteiger partial charge is 0.393 e. The van der Waals surface area contributed by atoms with Crippen LogP contribution in [0.15, 0.2) is 24.4 Å². The van der Waals surface area contributed by atoms with Crippen LogP contribution in [0.25, 0.3) is 10.9 Å². The minimum absolute atomic E-state index is 0.190. The molecule has 0 spiro atoms. The van der Waals surface area contributed by atoms with Gasteiger partial charge < -0.3 is 15.0 Å². The highest BCUT2D eigenvalue weighted by molar-refractivity contribution is 5.84. The molecule has 120 valence electrons. The van der Waals surface area contributed by atoms with Crippen LogP contribution in [0.3, 0.4) is 0 Å². The monoisotopic (exact) mass is 300 g/mol. The quantitative estimate of drug-likeness (QED) is 0.857. The second-order valence-corrected chi connectivity index (χ2v) is 6.92. The number of rotatable bonds is 6. The fourth-order valence-corrected chi connectivity index (χ4v) is 3.64. The van der Waals surface area contributed by atoms with Crippen molar-refractivity contribution in [2.45, 2.75) is 57.6 Å². The minimum atomic E-state index is -0.190. The molecule has 2 heterocycles. The number of hydrogen-bond acceptors (Lipinski definition) is 2. The molecule has 22 heavy (non-hydrogen) atoms. The number of aromatic amines is 1. The van der Waals surface area contributed by atoms with Crippen LogP contribution >= 0.6 is 0 Å².